The summed E-state index contributed by atoms with van der Waals surface area (Å²) in [4.78, 5) is 13.8. The number of likely N-dealkylation sites (tertiary alicyclic amines) is 1. The number of hydrogen-bond donors (Lipinski definition) is 2. The highest BCUT2D eigenvalue weighted by atomic mass is 16.5. The van der Waals surface area contributed by atoms with Gasteiger partial charge in [-0.05, 0) is 18.9 Å². The number of hydrogen-bond acceptors (Lipinski definition) is 4. The van der Waals surface area contributed by atoms with Crippen LogP contribution in [0.15, 0.2) is 12.3 Å². The van der Waals surface area contributed by atoms with Crippen LogP contribution < -0.4 is 5.73 Å². The summed E-state index contributed by atoms with van der Waals surface area (Å²) in [5, 5.41) is 6.47. The van der Waals surface area contributed by atoms with Crippen molar-refractivity contribution in [2.75, 3.05) is 26.2 Å². The monoisotopic (exact) mass is 238 g/mol. The van der Waals surface area contributed by atoms with Gasteiger partial charge in [0.15, 0.2) is 0 Å². The van der Waals surface area contributed by atoms with Gasteiger partial charge in [-0.3, -0.25) is 9.89 Å². The zero-order valence-corrected chi connectivity index (χ0v) is 9.76. The van der Waals surface area contributed by atoms with Crippen LogP contribution in [-0.4, -0.2) is 53.3 Å². The van der Waals surface area contributed by atoms with Crippen LogP contribution in [0.1, 0.15) is 23.3 Å². The van der Waals surface area contributed by atoms with Crippen molar-refractivity contribution in [3.8, 4) is 0 Å². The number of nitrogens with zero attached hydrogens (tertiary/aromatic N) is 2. The highest BCUT2D eigenvalue weighted by molar-refractivity contribution is 5.92. The van der Waals surface area contributed by atoms with Crippen molar-refractivity contribution < 1.29 is 9.53 Å². The first-order valence-corrected chi connectivity index (χ1v) is 5.91. The Labute approximate surface area is 100 Å². The summed E-state index contributed by atoms with van der Waals surface area (Å²) in [5.74, 6) is 0.0137. The van der Waals surface area contributed by atoms with Gasteiger partial charge in [-0.25, -0.2) is 0 Å². The molecule has 0 bridgehead atoms. The minimum atomic E-state index is 0.0137. The molecule has 1 fully saturated rings. The third kappa shape index (κ3) is 3.04. The first kappa shape index (κ1) is 12.1. The van der Waals surface area contributed by atoms with Gasteiger partial charge in [-0.2, -0.15) is 5.10 Å². The minimum absolute atomic E-state index is 0.0137. The van der Waals surface area contributed by atoms with Gasteiger partial charge in [0.1, 0.15) is 5.69 Å². The number of carbonyl (C=O) groups is 1. The fraction of sp³-hybridized carbons (Fsp3) is 0.636. The molecule has 94 valence electrons. The fourth-order valence-electron chi connectivity index (χ4n) is 2.01. The average Bonchev–Trinajstić information content (AvgIpc) is 2.90. The molecule has 1 aliphatic heterocycles. The van der Waals surface area contributed by atoms with Crippen molar-refractivity contribution in [2.45, 2.75) is 18.9 Å². The van der Waals surface area contributed by atoms with E-state index in [1.807, 2.05) is 4.90 Å². The lowest BCUT2D eigenvalue weighted by molar-refractivity contribution is 0.0120. The molecule has 1 aromatic heterocycles. The maximum absolute atomic E-state index is 12.0. The number of nitrogens with two attached hydrogens (primary N) is 1. The lowest BCUT2D eigenvalue weighted by atomic mass is 10.1. The van der Waals surface area contributed by atoms with Gasteiger partial charge in [0.25, 0.3) is 5.91 Å². The number of aromatic amines is 1. The number of aromatic nitrogens is 2. The largest absolute Gasteiger partial charge is 0.377 e. The molecular weight excluding hydrogens is 220 g/mol. The van der Waals surface area contributed by atoms with Crippen molar-refractivity contribution >= 4 is 5.91 Å². The lowest BCUT2D eigenvalue weighted by Gasteiger charge is -2.31. The van der Waals surface area contributed by atoms with E-state index in [9.17, 15) is 4.79 Å². The molecule has 0 saturated carbocycles. The van der Waals surface area contributed by atoms with E-state index in [1.54, 1.807) is 12.3 Å². The molecule has 0 radical (unpaired) electrons. The average molecular weight is 238 g/mol. The van der Waals surface area contributed by atoms with Crippen molar-refractivity contribution in [2.24, 2.45) is 5.73 Å². The second-order valence-electron chi connectivity index (χ2n) is 4.12. The fourth-order valence-corrected chi connectivity index (χ4v) is 2.01. The van der Waals surface area contributed by atoms with E-state index in [4.69, 9.17) is 10.5 Å². The number of nitrogens with one attached hydrogen (secondary N) is 1. The molecule has 2 rings (SSSR count). The standard InChI is InChI=1S/C11H18N4O2/c12-4-8-17-9-2-6-15(7-3-9)11(16)10-1-5-13-14-10/h1,5,9H,2-4,6-8,12H2,(H,13,14). The Hall–Kier alpha value is -1.40. The van der Waals surface area contributed by atoms with E-state index in [0.717, 1.165) is 25.9 Å². The van der Waals surface area contributed by atoms with E-state index in [1.165, 1.54) is 0 Å². The molecule has 1 aromatic rings. The summed E-state index contributed by atoms with van der Waals surface area (Å²) < 4.78 is 5.57. The normalized spacial score (nSPS) is 17.4. The molecule has 6 heteroatoms. The Balaban J connectivity index is 1.81. The SMILES string of the molecule is NCCOC1CCN(C(=O)c2ccn[nH]2)CC1. The molecule has 0 unspecified atom stereocenters. The molecule has 0 aromatic carbocycles. The Bertz CT molecular complexity index is 344. The molecule has 6 nitrogen and oxygen atoms in total. The molecule has 0 aliphatic carbocycles. The van der Waals surface area contributed by atoms with Crippen LogP contribution in [0.5, 0.6) is 0 Å². The quantitative estimate of drug-likeness (QED) is 0.772. The van der Waals surface area contributed by atoms with E-state index < -0.39 is 0 Å². The molecule has 3 N–H and O–H groups in total. The Morgan fingerprint density at radius 2 is 2.35 bits per heavy atom. The van der Waals surface area contributed by atoms with E-state index in [0.29, 0.717) is 18.8 Å². The molecular formula is C11H18N4O2. The summed E-state index contributed by atoms with van der Waals surface area (Å²) in [5.41, 5.74) is 5.93. The second kappa shape index (κ2) is 5.79. The molecule has 0 spiro atoms. The molecule has 1 amide bonds. The Morgan fingerprint density at radius 3 is 2.94 bits per heavy atom. The third-order valence-corrected chi connectivity index (χ3v) is 2.93. The number of amides is 1. The first-order valence-electron chi connectivity index (χ1n) is 5.91. The highest BCUT2D eigenvalue weighted by Crippen LogP contribution is 2.15. The van der Waals surface area contributed by atoms with Gasteiger partial charge in [-0.15, -0.1) is 0 Å². The molecule has 17 heavy (non-hydrogen) atoms. The Morgan fingerprint density at radius 1 is 1.59 bits per heavy atom. The van der Waals surface area contributed by atoms with Crippen LogP contribution in [0, 0.1) is 0 Å². The number of ether oxygens (including phenoxy) is 1. The van der Waals surface area contributed by atoms with Crippen LogP contribution in [0.3, 0.4) is 0 Å². The van der Waals surface area contributed by atoms with E-state index in [-0.39, 0.29) is 12.0 Å². The highest BCUT2D eigenvalue weighted by Gasteiger charge is 2.24. The zero-order valence-electron chi connectivity index (χ0n) is 9.76. The van der Waals surface area contributed by atoms with Crippen molar-refractivity contribution in [1.82, 2.24) is 15.1 Å². The maximum atomic E-state index is 12.0. The number of H-pyrrole nitrogens is 1. The van der Waals surface area contributed by atoms with Gasteiger partial charge >= 0.3 is 0 Å². The number of carbonyl (C=O) groups excluding carboxylic acids is 1. The topological polar surface area (TPSA) is 84.2 Å². The van der Waals surface area contributed by atoms with Crippen LogP contribution in [0.4, 0.5) is 0 Å². The molecule has 2 heterocycles. The zero-order chi connectivity index (χ0) is 12.1. The molecule has 1 aliphatic rings. The lowest BCUT2D eigenvalue weighted by Crippen LogP contribution is -2.41. The van der Waals surface area contributed by atoms with Gasteiger partial charge < -0.3 is 15.4 Å². The predicted molar refractivity (Wildman–Crippen MR) is 62.5 cm³/mol. The smallest absolute Gasteiger partial charge is 0.271 e. The van der Waals surface area contributed by atoms with Gasteiger partial charge in [-0.1, -0.05) is 0 Å². The maximum Gasteiger partial charge on any atom is 0.271 e. The van der Waals surface area contributed by atoms with Crippen molar-refractivity contribution in [3.05, 3.63) is 18.0 Å². The van der Waals surface area contributed by atoms with Gasteiger partial charge in [0.05, 0.1) is 12.7 Å². The van der Waals surface area contributed by atoms with Gasteiger partial charge in [0.2, 0.25) is 0 Å². The number of piperidine rings is 1. The minimum Gasteiger partial charge on any atom is -0.377 e. The first-order chi connectivity index (χ1) is 8.31. The van der Waals surface area contributed by atoms with E-state index in [2.05, 4.69) is 10.2 Å². The van der Waals surface area contributed by atoms with Crippen molar-refractivity contribution in [1.29, 1.82) is 0 Å². The summed E-state index contributed by atoms with van der Waals surface area (Å²) in [6.45, 7) is 2.60. The number of rotatable bonds is 4. The second-order valence-corrected chi connectivity index (χ2v) is 4.12. The predicted octanol–water partition coefficient (Wildman–Crippen LogP) is -0.0104. The van der Waals surface area contributed by atoms with E-state index >= 15 is 0 Å². The summed E-state index contributed by atoms with van der Waals surface area (Å²) in [6, 6.07) is 1.69. The Kier molecular flexibility index (Phi) is 4.11. The van der Waals surface area contributed by atoms with Crippen LogP contribution in [0.2, 0.25) is 0 Å². The third-order valence-electron chi connectivity index (χ3n) is 2.93. The van der Waals surface area contributed by atoms with Crippen molar-refractivity contribution in [3.63, 3.8) is 0 Å². The molecule has 0 atom stereocenters. The van der Waals surface area contributed by atoms with Crippen LogP contribution in [-0.2, 0) is 4.74 Å². The summed E-state index contributed by atoms with van der Waals surface area (Å²) in [6.07, 6.45) is 3.58. The van der Waals surface area contributed by atoms with Crippen LogP contribution >= 0.6 is 0 Å². The summed E-state index contributed by atoms with van der Waals surface area (Å²) >= 11 is 0. The summed E-state index contributed by atoms with van der Waals surface area (Å²) in [7, 11) is 0. The molecule has 1 saturated heterocycles. The van der Waals surface area contributed by atoms with Crippen LogP contribution in [0.25, 0.3) is 0 Å². The van der Waals surface area contributed by atoms with Gasteiger partial charge in [0, 0.05) is 25.8 Å².